The monoisotopic (exact) mass is 347 g/mol. The van der Waals surface area contributed by atoms with Crippen molar-refractivity contribution in [2.45, 2.75) is 13.8 Å². The molecule has 26 heavy (non-hydrogen) atoms. The first-order valence-corrected chi connectivity index (χ1v) is 7.95. The third-order valence-electron chi connectivity index (χ3n) is 3.77. The largest absolute Gasteiger partial charge is 0.493 e. The zero-order valence-electron chi connectivity index (χ0n) is 14.7. The number of aromatic amines is 1. The molecule has 130 valence electrons. The van der Waals surface area contributed by atoms with Gasteiger partial charge in [-0.2, -0.15) is 5.26 Å². The van der Waals surface area contributed by atoms with Gasteiger partial charge in [0.1, 0.15) is 11.9 Å². The Morgan fingerprint density at radius 2 is 2.04 bits per heavy atom. The lowest BCUT2D eigenvalue weighted by Crippen LogP contribution is -2.03. The minimum atomic E-state index is -0.429. The van der Waals surface area contributed by atoms with Crippen LogP contribution in [0.5, 0.6) is 11.5 Å². The minimum absolute atomic E-state index is 0.329. The zero-order chi connectivity index (χ0) is 18.7. The number of aryl methyl sites for hydroxylation is 1. The van der Waals surface area contributed by atoms with E-state index in [2.05, 4.69) is 16.0 Å². The summed E-state index contributed by atoms with van der Waals surface area (Å²) in [6, 6.07) is 13.1. The lowest BCUT2D eigenvalue weighted by Gasteiger charge is -2.08. The lowest BCUT2D eigenvalue weighted by atomic mass is 10.1. The van der Waals surface area contributed by atoms with Gasteiger partial charge in [-0.25, -0.2) is 4.98 Å². The Morgan fingerprint density at radius 1 is 1.23 bits per heavy atom. The molecule has 0 saturated heterocycles. The van der Waals surface area contributed by atoms with Crippen LogP contribution in [0, 0.1) is 18.3 Å². The van der Waals surface area contributed by atoms with Crippen LogP contribution in [0.25, 0.3) is 22.7 Å². The number of H-pyrrole nitrogens is 1. The molecule has 3 aromatic rings. The van der Waals surface area contributed by atoms with Crippen molar-refractivity contribution in [3.05, 3.63) is 53.3 Å². The number of rotatable bonds is 4. The number of methoxy groups -OCH3 is 1. The van der Waals surface area contributed by atoms with Crippen LogP contribution in [0.1, 0.15) is 23.9 Å². The van der Waals surface area contributed by atoms with Crippen LogP contribution < -0.4 is 9.47 Å². The van der Waals surface area contributed by atoms with Crippen molar-refractivity contribution in [3.63, 3.8) is 0 Å². The highest BCUT2D eigenvalue weighted by Gasteiger charge is 2.11. The van der Waals surface area contributed by atoms with Gasteiger partial charge in [0.05, 0.1) is 23.7 Å². The average molecular weight is 347 g/mol. The van der Waals surface area contributed by atoms with Crippen LogP contribution in [0.4, 0.5) is 0 Å². The molecule has 2 aromatic carbocycles. The van der Waals surface area contributed by atoms with E-state index < -0.39 is 5.97 Å². The fourth-order valence-corrected chi connectivity index (χ4v) is 2.58. The SMILES string of the molecule is COc1cc(/C=C(\C#N)c2nc3ccc(C)cc3[nH]2)ccc1OC(C)=O. The highest BCUT2D eigenvalue weighted by Crippen LogP contribution is 2.30. The number of imidazole rings is 1. The van der Waals surface area contributed by atoms with Gasteiger partial charge in [-0.1, -0.05) is 12.1 Å². The van der Waals surface area contributed by atoms with Gasteiger partial charge in [-0.3, -0.25) is 4.79 Å². The molecule has 0 amide bonds. The van der Waals surface area contributed by atoms with Gasteiger partial charge in [0, 0.05) is 6.92 Å². The fourth-order valence-electron chi connectivity index (χ4n) is 2.58. The predicted molar refractivity (Wildman–Crippen MR) is 98.6 cm³/mol. The number of ether oxygens (including phenoxy) is 2. The number of aromatic nitrogens is 2. The summed E-state index contributed by atoms with van der Waals surface area (Å²) in [7, 11) is 1.49. The van der Waals surface area contributed by atoms with Gasteiger partial charge in [0.2, 0.25) is 0 Å². The van der Waals surface area contributed by atoms with Crippen LogP contribution in [0.2, 0.25) is 0 Å². The van der Waals surface area contributed by atoms with Crippen molar-refractivity contribution in [3.8, 4) is 17.6 Å². The molecular formula is C20H17N3O3. The van der Waals surface area contributed by atoms with E-state index in [1.54, 1.807) is 24.3 Å². The van der Waals surface area contributed by atoms with Gasteiger partial charge in [-0.15, -0.1) is 0 Å². The number of benzene rings is 2. The second-order valence-corrected chi connectivity index (χ2v) is 5.78. The Hall–Kier alpha value is -3.59. The number of hydrogen-bond acceptors (Lipinski definition) is 5. The molecule has 0 unspecified atom stereocenters. The van der Waals surface area contributed by atoms with Crippen LogP contribution in [0.15, 0.2) is 36.4 Å². The van der Waals surface area contributed by atoms with E-state index in [9.17, 15) is 10.1 Å². The summed E-state index contributed by atoms with van der Waals surface area (Å²) in [5.41, 5.74) is 3.91. The molecule has 0 fully saturated rings. The third-order valence-corrected chi connectivity index (χ3v) is 3.77. The van der Waals surface area contributed by atoms with Gasteiger partial charge in [-0.05, 0) is 48.4 Å². The molecule has 0 aliphatic heterocycles. The van der Waals surface area contributed by atoms with E-state index in [4.69, 9.17) is 9.47 Å². The topological polar surface area (TPSA) is 88.0 Å². The highest BCUT2D eigenvalue weighted by atomic mass is 16.6. The molecule has 0 spiro atoms. The average Bonchev–Trinajstić information content (AvgIpc) is 3.03. The summed E-state index contributed by atoms with van der Waals surface area (Å²) in [5, 5.41) is 9.54. The minimum Gasteiger partial charge on any atom is -0.493 e. The number of nitriles is 1. The number of nitrogens with zero attached hydrogens (tertiary/aromatic N) is 2. The van der Waals surface area contributed by atoms with E-state index in [1.807, 2.05) is 25.1 Å². The van der Waals surface area contributed by atoms with E-state index in [-0.39, 0.29) is 0 Å². The van der Waals surface area contributed by atoms with Crippen LogP contribution in [-0.4, -0.2) is 23.0 Å². The van der Waals surface area contributed by atoms with Crippen molar-refractivity contribution in [1.82, 2.24) is 9.97 Å². The standard InChI is InChI=1S/C20H17N3O3/c1-12-4-6-16-17(8-12)23-20(22-16)15(11-21)9-14-5-7-18(26-13(2)24)19(10-14)25-3/h4-10H,1-3H3,(H,22,23)/b15-9+. The Bertz CT molecular complexity index is 1060. The summed E-state index contributed by atoms with van der Waals surface area (Å²) in [6.07, 6.45) is 1.70. The number of hydrogen-bond donors (Lipinski definition) is 1. The summed E-state index contributed by atoms with van der Waals surface area (Å²) in [5.74, 6) is 0.805. The molecule has 0 saturated carbocycles. The normalized spacial score (nSPS) is 11.2. The summed E-state index contributed by atoms with van der Waals surface area (Å²) in [6.45, 7) is 3.32. The second kappa shape index (κ2) is 7.11. The number of allylic oxidation sites excluding steroid dienone is 1. The first-order valence-electron chi connectivity index (χ1n) is 7.95. The maximum absolute atomic E-state index is 11.1. The van der Waals surface area contributed by atoms with Gasteiger partial charge in [0.15, 0.2) is 11.5 Å². The maximum atomic E-state index is 11.1. The van der Waals surface area contributed by atoms with Crippen LogP contribution in [0.3, 0.4) is 0 Å². The van der Waals surface area contributed by atoms with Crippen molar-refractivity contribution in [2.24, 2.45) is 0 Å². The molecule has 0 atom stereocenters. The third kappa shape index (κ3) is 3.57. The van der Waals surface area contributed by atoms with Crippen molar-refractivity contribution in [2.75, 3.05) is 7.11 Å². The van der Waals surface area contributed by atoms with Crippen LogP contribution >= 0.6 is 0 Å². The van der Waals surface area contributed by atoms with Crippen molar-refractivity contribution < 1.29 is 14.3 Å². The first-order chi connectivity index (χ1) is 12.5. The van der Waals surface area contributed by atoms with Crippen molar-refractivity contribution in [1.29, 1.82) is 5.26 Å². The number of fused-ring (bicyclic) bond motifs is 1. The van der Waals surface area contributed by atoms with Gasteiger partial charge < -0.3 is 14.5 Å². The van der Waals surface area contributed by atoms with E-state index in [1.165, 1.54) is 14.0 Å². The highest BCUT2D eigenvalue weighted by molar-refractivity contribution is 5.90. The first kappa shape index (κ1) is 17.2. The molecule has 1 N–H and O–H groups in total. The fraction of sp³-hybridized carbons (Fsp3) is 0.150. The molecular weight excluding hydrogens is 330 g/mol. The smallest absolute Gasteiger partial charge is 0.308 e. The van der Waals surface area contributed by atoms with E-state index in [0.717, 1.165) is 22.2 Å². The maximum Gasteiger partial charge on any atom is 0.308 e. The summed E-state index contributed by atoms with van der Waals surface area (Å²) in [4.78, 5) is 18.8. The molecule has 1 aromatic heterocycles. The number of esters is 1. The Morgan fingerprint density at radius 3 is 2.73 bits per heavy atom. The quantitative estimate of drug-likeness (QED) is 0.440. The Balaban J connectivity index is 2.00. The number of nitrogens with one attached hydrogen (secondary N) is 1. The zero-order valence-corrected chi connectivity index (χ0v) is 14.7. The molecule has 6 nitrogen and oxygen atoms in total. The van der Waals surface area contributed by atoms with Crippen LogP contribution in [-0.2, 0) is 4.79 Å². The van der Waals surface area contributed by atoms with E-state index >= 15 is 0 Å². The summed E-state index contributed by atoms with van der Waals surface area (Å²) < 4.78 is 10.3. The number of carbonyl (C=O) groups is 1. The number of carbonyl (C=O) groups excluding carboxylic acids is 1. The van der Waals surface area contributed by atoms with Crippen molar-refractivity contribution >= 4 is 28.7 Å². The second-order valence-electron chi connectivity index (χ2n) is 5.78. The molecule has 0 aliphatic carbocycles. The molecule has 0 radical (unpaired) electrons. The molecule has 0 aliphatic rings. The lowest BCUT2D eigenvalue weighted by molar-refractivity contribution is -0.132. The summed E-state index contributed by atoms with van der Waals surface area (Å²) >= 11 is 0. The Labute approximate surface area is 150 Å². The molecule has 6 heteroatoms. The van der Waals surface area contributed by atoms with Gasteiger partial charge in [0.25, 0.3) is 0 Å². The Kier molecular flexibility index (Phi) is 4.72. The molecule has 0 bridgehead atoms. The molecule has 1 heterocycles. The predicted octanol–water partition coefficient (Wildman–Crippen LogP) is 3.87. The van der Waals surface area contributed by atoms with Gasteiger partial charge >= 0.3 is 5.97 Å². The molecule has 3 rings (SSSR count). The van der Waals surface area contributed by atoms with E-state index in [0.29, 0.717) is 22.9 Å².